The molecule has 3 fully saturated rings. The quantitative estimate of drug-likeness (QED) is 0.434. The molecule has 0 spiro atoms. The second-order valence-corrected chi connectivity index (χ2v) is 8.74. The molecule has 4 rings (SSSR count). The largest absolute Gasteiger partial charge is 0.595 e. The first-order chi connectivity index (χ1) is 14.9. The van der Waals surface area contributed by atoms with Gasteiger partial charge in [-0.1, -0.05) is 0 Å². The molecule has 0 aromatic heterocycles. The summed E-state index contributed by atoms with van der Waals surface area (Å²) < 4.78 is 29.4. The number of rotatable bonds is 5. The van der Waals surface area contributed by atoms with Crippen LogP contribution in [0.25, 0.3) is 0 Å². The van der Waals surface area contributed by atoms with E-state index in [1.807, 2.05) is 0 Å². The van der Waals surface area contributed by atoms with E-state index in [1.54, 1.807) is 27.7 Å². The molecule has 12 nitrogen and oxygen atoms in total. The van der Waals surface area contributed by atoms with Crippen LogP contribution < -0.4 is 15.9 Å². The molecule has 12 heteroatoms. The highest BCUT2D eigenvalue weighted by molar-refractivity contribution is 5.95. The number of nitrogens with one attached hydrogen (secondary N) is 3. The summed E-state index contributed by atoms with van der Waals surface area (Å²) in [5.74, 6) is -2.89. The van der Waals surface area contributed by atoms with Gasteiger partial charge in [0.2, 0.25) is 5.91 Å². The fraction of sp³-hybridized carbons (Fsp3) is 0.600. The van der Waals surface area contributed by atoms with Gasteiger partial charge in [-0.2, -0.15) is 5.23 Å². The summed E-state index contributed by atoms with van der Waals surface area (Å²) in [7, 11) is 0. The highest BCUT2D eigenvalue weighted by Crippen LogP contribution is 2.44. The Bertz CT molecular complexity index is 874. The van der Waals surface area contributed by atoms with E-state index in [1.165, 1.54) is 24.3 Å². The highest BCUT2D eigenvalue weighted by Gasteiger charge is 2.62. The number of anilines is 1. The van der Waals surface area contributed by atoms with Gasteiger partial charge in [-0.05, 0) is 39.8 Å². The van der Waals surface area contributed by atoms with Gasteiger partial charge in [0.15, 0.2) is 29.7 Å². The lowest BCUT2D eigenvalue weighted by Crippen LogP contribution is -2.99. The van der Waals surface area contributed by atoms with Gasteiger partial charge >= 0.3 is 0 Å². The van der Waals surface area contributed by atoms with Crippen molar-refractivity contribution in [3.8, 4) is 0 Å². The summed E-state index contributed by atoms with van der Waals surface area (Å²) in [4.78, 5) is 25.1. The van der Waals surface area contributed by atoms with Crippen molar-refractivity contribution in [3.63, 3.8) is 0 Å². The summed E-state index contributed by atoms with van der Waals surface area (Å²) in [5.41, 5.74) is 0.501. The van der Waals surface area contributed by atoms with E-state index in [2.05, 4.69) is 10.6 Å². The van der Waals surface area contributed by atoms with Gasteiger partial charge in [0.25, 0.3) is 5.91 Å². The molecule has 0 aliphatic carbocycles. The normalized spacial score (nSPS) is 33.1. The van der Waals surface area contributed by atoms with Gasteiger partial charge in [-0.3, -0.25) is 9.59 Å². The van der Waals surface area contributed by atoms with Gasteiger partial charge in [-0.25, -0.2) is 5.21 Å². The molecule has 6 atom stereocenters. The van der Waals surface area contributed by atoms with E-state index in [9.17, 15) is 14.8 Å². The molecule has 176 valence electrons. The van der Waals surface area contributed by atoms with Gasteiger partial charge in [0.1, 0.15) is 18.3 Å². The summed E-state index contributed by atoms with van der Waals surface area (Å²) in [6.07, 6.45) is -3.76. The zero-order valence-electron chi connectivity index (χ0n) is 18.1. The maximum Gasteiger partial charge on any atom is 0.252 e. The van der Waals surface area contributed by atoms with Gasteiger partial charge in [0.05, 0.1) is 6.54 Å². The lowest BCUT2D eigenvalue weighted by Gasteiger charge is -2.36. The van der Waals surface area contributed by atoms with Gasteiger partial charge in [0, 0.05) is 17.8 Å². The van der Waals surface area contributed by atoms with Crippen LogP contribution in [0.15, 0.2) is 24.3 Å². The number of hydrogen-bond donors (Lipinski definition) is 4. The molecule has 2 amide bonds. The average molecular weight is 453 g/mol. The number of carbonyl (C=O) groups is 2. The van der Waals surface area contributed by atoms with Crippen molar-refractivity contribution in [2.75, 3.05) is 11.9 Å². The van der Waals surface area contributed by atoms with Gasteiger partial charge in [-0.15, -0.1) is 0 Å². The number of amides is 2. The maximum atomic E-state index is 12.9. The monoisotopic (exact) mass is 453 g/mol. The highest BCUT2D eigenvalue weighted by atomic mass is 16.9. The average Bonchev–Trinajstić information content (AvgIpc) is 3.19. The van der Waals surface area contributed by atoms with Crippen molar-refractivity contribution in [1.82, 2.24) is 5.32 Å². The van der Waals surface area contributed by atoms with E-state index in [4.69, 9.17) is 28.9 Å². The minimum Gasteiger partial charge on any atom is -0.595 e. The predicted molar refractivity (Wildman–Crippen MR) is 106 cm³/mol. The van der Waals surface area contributed by atoms with Gasteiger partial charge < -0.3 is 39.5 Å². The van der Waals surface area contributed by atoms with Crippen molar-refractivity contribution in [2.45, 2.75) is 70.0 Å². The van der Waals surface area contributed by atoms with E-state index >= 15 is 0 Å². The Morgan fingerprint density at radius 3 is 2.25 bits per heavy atom. The summed E-state index contributed by atoms with van der Waals surface area (Å²) in [6.45, 7) is 6.64. The van der Waals surface area contributed by atoms with Crippen LogP contribution in [-0.2, 0) is 33.3 Å². The Morgan fingerprint density at radius 2 is 1.59 bits per heavy atom. The van der Waals surface area contributed by atoms with Crippen molar-refractivity contribution in [1.29, 1.82) is 0 Å². The number of fused-ring (bicyclic) bond motifs is 3. The molecule has 3 heterocycles. The topological polar surface area (TPSA) is 152 Å². The fourth-order valence-electron chi connectivity index (χ4n) is 3.99. The van der Waals surface area contributed by atoms with Crippen molar-refractivity contribution in [2.24, 2.45) is 0 Å². The first kappa shape index (κ1) is 23.0. The molecule has 0 saturated carbocycles. The molecule has 1 aromatic carbocycles. The van der Waals surface area contributed by atoms with Crippen LogP contribution >= 0.6 is 0 Å². The minimum absolute atomic E-state index is 0.0987. The van der Waals surface area contributed by atoms with Crippen LogP contribution in [0, 0.1) is 5.21 Å². The lowest BCUT2D eigenvalue weighted by atomic mass is 9.98. The van der Waals surface area contributed by atoms with Crippen LogP contribution in [0.5, 0.6) is 0 Å². The molecule has 4 N–H and O–H groups in total. The van der Waals surface area contributed by atoms with Crippen LogP contribution in [0.4, 0.5) is 11.4 Å². The Morgan fingerprint density at radius 1 is 1.00 bits per heavy atom. The van der Waals surface area contributed by atoms with E-state index in [-0.39, 0.29) is 12.2 Å². The summed E-state index contributed by atoms with van der Waals surface area (Å²) >= 11 is 0. The smallest absolute Gasteiger partial charge is 0.252 e. The molecule has 3 saturated heterocycles. The molecule has 32 heavy (non-hydrogen) atoms. The Hall–Kier alpha value is -2.16. The fourth-order valence-corrected chi connectivity index (χ4v) is 3.99. The van der Waals surface area contributed by atoms with Crippen LogP contribution in [-0.4, -0.2) is 65.8 Å². The summed E-state index contributed by atoms with van der Waals surface area (Å²) in [5, 5.41) is 23.9. The van der Waals surface area contributed by atoms with Crippen molar-refractivity contribution in [3.05, 3.63) is 29.5 Å². The number of ether oxygens (including phenoxy) is 5. The Kier molecular flexibility index (Phi) is 5.98. The standard InChI is InChI=1S/C20H27N3O9/c1-19(2)29-13-14(30-19)16-18(32-20(3,4)31-16)28-15(13)17(25)21-9-12(24)22-10-5-7-11(8-6-10)23(26)27/h5-8,13-16,18,23,26H,9H2,1-4H3,(H,21,25)(H,22,24)/t13-,14-,15+,16-,18+/m1/s1. The Balaban J connectivity index is 1.37. The zero-order valence-corrected chi connectivity index (χ0v) is 18.1. The Labute approximate surface area is 184 Å². The molecule has 0 bridgehead atoms. The summed E-state index contributed by atoms with van der Waals surface area (Å²) in [6, 6.07) is 5.66. The predicted octanol–water partition coefficient (Wildman–Crippen LogP) is -0.459. The maximum absolute atomic E-state index is 12.9. The molecule has 1 aromatic rings. The van der Waals surface area contributed by atoms with E-state index in [0.29, 0.717) is 5.69 Å². The van der Waals surface area contributed by atoms with Crippen LogP contribution in [0.2, 0.25) is 0 Å². The number of benzene rings is 1. The second kappa shape index (κ2) is 8.32. The SMILES string of the molecule is CC1(C)O[C@@H]2[C@@H](O1)[C@@H](C(=O)NCC(=O)Nc1ccc([NH+]([O-])O)cc1)O[C@H]1OC(C)(C)O[C@@H]12. The third kappa shape index (κ3) is 4.77. The van der Waals surface area contributed by atoms with E-state index in [0.717, 1.165) is 0 Å². The third-order valence-corrected chi connectivity index (χ3v) is 5.25. The first-order valence-electron chi connectivity index (χ1n) is 10.2. The molecule has 1 unspecified atom stereocenters. The molecule has 3 aliphatic rings. The van der Waals surface area contributed by atoms with E-state index < -0.39 is 59.3 Å². The molecular weight excluding hydrogens is 426 g/mol. The number of hydrogen-bond acceptors (Lipinski definition) is 9. The number of carbonyl (C=O) groups excluding carboxylic acids is 2. The van der Waals surface area contributed by atoms with Crippen molar-refractivity contribution < 1.29 is 43.7 Å². The van der Waals surface area contributed by atoms with Crippen LogP contribution in [0.1, 0.15) is 27.7 Å². The molecule has 0 radical (unpaired) electrons. The molecular formula is C20H27N3O9. The van der Waals surface area contributed by atoms with Crippen molar-refractivity contribution >= 4 is 23.2 Å². The minimum atomic E-state index is -1.07. The lowest BCUT2D eigenvalue weighted by molar-refractivity contribution is -0.991. The second-order valence-electron chi connectivity index (χ2n) is 8.74. The number of quaternary nitrogens is 1. The zero-order chi connectivity index (χ0) is 23.3. The first-order valence-corrected chi connectivity index (χ1v) is 10.2. The third-order valence-electron chi connectivity index (χ3n) is 5.25. The van der Waals surface area contributed by atoms with Crippen LogP contribution in [0.3, 0.4) is 0 Å². The molecule has 3 aliphatic heterocycles.